The van der Waals surface area contributed by atoms with Gasteiger partial charge in [0.2, 0.25) is 0 Å². The molecule has 2 rings (SSSR count). The summed E-state index contributed by atoms with van der Waals surface area (Å²) in [5, 5.41) is -0.894. The maximum absolute atomic E-state index is 12.0. The van der Waals surface area contributed by atoms with E-state index in [1.807, 2.05) is 36.9 Å². The number of hydrogen-bond acceptors (Lipinski definition) is 3. The zero-order valence-electron chi connectivity index (χ0n) is 12.0. The molecule has 0 atom stereocenters. The number of nitrogens with one attached hydrogen (secondary N) is 1. The third-order valence-corrected chi connectivity index (χ3v) is 4.56. The Kier molecular flexibility index (Phi) is 4.59. The van der Waals surface area contributed by atoms with Gasteiger partial charge in [0.25, 0.3) is 15.1 Å². The standard InChI is InChI=1S/C15H18N2O3S/c1-12-5-7-13(8-6-12)15(18)21(19,20)16-10-9-14-4-3-11-17(14)2/h3-8,11,16H,9-10H2,1-2H3. The van der Waals surface area contributed by atoms with Gasteiger partial charge in [-0.2, -0.15) is 0 Å². The molecule has 0 aliphatic carbocycles. The second-order valence-corrected chi connectivity index (χ2v) is 6.58. The highest BCUT2D eigenvalue weighted by Gasteiger charge is 2.23. The largest absolute Gasteiger partial charge is 0.354 e. The van der Waals surface area contributed by atoms with Crippen molar-refractivity contribution in [2.24, 2.45) is 7.05 Å². The zero-order valence-corrected chi connectivity index (χ0v) is 12.9. The molecular weight excluding hydrogens is 288 g/mol. The van der Waals surface area contributed by atoms with Crippen LogP contribution in [0.5, 0.6) is 0 Å². The number of benzene rings is 1. The summed E-state index contributed by atoms with van der Waals surface area (Å²) in [5.41, 5.74) is 2.15. The van der Waals surface area contributed by atoms with E-state index in [1.54, 1.807) is 12.1 Å². The Morgan fingerprint density at radius 3 is 2.43 bits per heavy atom. The molecule has 6 heteroatoms. The number of aromatic nitrogens is 1. The zero-order chi connectivity index (χ0) is 15.5. The smallest absolute Gasteiger partial charge is 0.291 e. The molecule has 0 aliphatic rings. The molecule has 0 saturated carbocycles. The van der Waals surface area contributed by atoms with Crippen LogP contribution in [0, 0.1) is 6.92 Å². The highest BCUT2D eigenvalue weighted by Crippen LogP contribution is 2.07. The third kappa shape index (κ3) is 3.80. The first-order valence-corrected chi connectivity index (χ1v) is 8.09. The normalized spacial score (nSPS) is 11.5. The number of aryl methyl sites for hydroxylation is 2. The maximum atomic E-state index is 12.0. The molecule has 0 aliphatic heterocycles. The first-order valence-electron chi connectivity index (χ1n) is 6.61. The van der Waals surface area contributed by atoms with Gasteiger partial charge in [-0.1, -0.05) is 17.7 Å². The monoisotopic (exact) mass is 306 g/mol. The van der Waals surface area contributed by atoms with E-state index >= 15 is 0 Å². The maximum Gasteiger partial charge on any atom is 0.291 e. The Morgan fingerprint density at radius 1 is 1.19 bits per heavy atom. The number of hydrogen-bond donors (Lipinski definition) is 1. The van der Waals surface area contributed by atoms with Crippen LogP contribution in [0.2, 0.25) is 0 Å². The van der Waals surface area contributed by atoms with Crippen LogP contribution in [-0.2, 0) is 23.5 Å². The molecule has 0 radical (unpaired) electrons. The minimum absolute atomic E-state index is 0.173. The SMILES string of the molecule is Cc1ccc(C(=O)S(=O)(=O)NCCc2cccn2C)cc1. The first-order chi connectivity index (χ1) is 9.90. The summed E-state index contributed by atoms with van der Waals surface area (Å²) >= 11 is 0. The van der Waals surface area contributed by atoms with Crippen LogP contribution >= 0.6 is 0 Å². The lowest BCUT2D eigenvalue weighted by atomic mass is 10.2. The van der Waals surface area contributed by atoms with Crippen LogP contribution in [-0.4, -0.2) is 24.6 Å². The van der Waals surface area contributed by atoms with Crippen LogP contribution in [0.25, 0.3) is 0 Å². The van der Waals surface area contributed by atoms with Gasteiger partial charge in [0.1, 0.15) is 0 Å². The molecule has 5 nitrogen and oxygen atoms in total. The summed E-state index contributed by atoms with van der Waals surface area (Å²) in [4.78, 5) is 12.0. The highest BCUT2D eigenvalue weighted by atomic mass is 32.2. The van der Waals surface area contributed by atoms with Gasteiger partial charge in [-0.25, -0.2) is 13.1 Å². The summed E-state index contributed by atoms with van der Waals surface area (Å²) in [5.74, 6) is 0. The molecule has 1 aromatic carbocycles. The Bertz CT molecular complexity index is 731. The molecule has 0 bridgehead atoms. The minimum Gasteiger partial charge on any atom is -0.354 e. The van der Waals surface area contributed by atoms with Crippen LogP contribution in [0.15, 0.2) is 42.6 Å². The van der Waals surface area contributed by atoms with Crippen LogP contribution < -0.4 is 4.72 Å². The van der Waals surface area contributed by atoms with Crippen molar-refractivity contribution >= 4 is 15.1 Å². The lowest BCUT2D eigenvalue weighted by Gasteiger charge is -2.07. The average molecular weight is 306 g/mol. The van der Waals surface area contributed by atoms with Crippen molar-refractivity contribution in [1.82, 2.24) is 9.29 Å². The van der Waals surface area contributed by atoms with E-state index in [4.69, 9.17) is 0 Å². The minimum atomic E-state index is -3.99. The number of sulfonamides is 1. The Balaban J connectivity index is 1.99. The van der Waals surface area contributed by atoms with E-state index in [2.05, 4.69) is 4.72 Å². The van der Waals surface area contributed by atoms with E-state index in [0.29, 0.717) is 6.42 Å². The number of carbonyl (C=O) groups is 1. The molecule has 0 saturated heterocycles. The van der Waals surface area contributed by atoms with Gasteiger partial charge in [0.05, 0.1) is 0 Å². The number of rotatable bonds is 5. The van der Waals surface area contributed by atoms with Crippen molar-refractivity contribution in [2.75, 3.05) is 6.54 Å². The highest BCUT2D eigenvalue weighted by molar-refractivity contribution is 8.04. The summed E-state index contributed by atoms with van der Waals surface area (Å²) in [6, 6.07) is 10.3. The van der Waals surface area contributed by atoms with Gasteiger partial charge >= 0.3 is 0 Å². The Labute approximate surface area is 124 Å². The van der Waals surface area contributed by atoms with E-state index < -0.39 is 15.1 Å². The van der Waals surface area contributed by atoms with Crippen LogP contribution in [0.3, 0.4) is 0 Å². The molecule has 112 valence electrons. The molecule has 0 amide bonds. The predicted octanol–water partition coefficient (Wildman–Crippen LogP) is 1.64. The third-order valence-electron chi connectivity index (χ3n) is 3.26. The number of carbonyl (C=O) groups excluding carboxylic acids is 1. The molecule has 1 heterocycles. The van der Waals surface area contributed by atoms with Gasteiger partial charge in [0.15, 0.2) is 0 Å². The van der Waals surface area contributed by atoms with E-state index in [0.717, 1.165) is 11.3 Å². The van der Waals surface area contributed by atoms with Crippen molar-refractivity contribution in [3.63, 3.8) is 0 Å². The van der Waals surface area contributed by atoms with Crippen molar-refractivity contribution in [2.45, 2.75) is 13.3 Å². The van der Waals surface area contributed by atoms with Gasteiger partial charge < -0.3 is 4.57 Å². The second kappa shape index (κ2) is 6.24. The van der Waals surface area contributed by atoms with Gasteiger partial charge in [0, 0.05) is 37.5 Å². The number of nitrogens with zero attached hydrogens (tertiary/aromatic N) is 1. The molecule has 2 aromatic rings. The van der Waals surface area contributed by atoms with Crippen LogP contribution in [0.4, 0.5) is 0 Å². The van der Waals surface area contributed by atoms with Gasteiger partial charge in [-0.05, 0) is 31.2 Å². The Morgan fingerprint density at radius 2 is 1.86 bits per heavy atom. The fourth-order valence-corrected chi connectivity index (χ4v) is 2.93. The molecule has 0 fully saturated rings. The lowest BCUT2D eigenvalue weighted by molar-refractivity contribution is 0.107. The van der Waals surface area contributed by atoms with E-state index in [1.165, 1.54) is 12.1 Å². The topological polar surface area (TPSA) is 68.2 Å². The fraction of sp³-hybridized carbons (Fsp3) is 0.267. The molecule has 1 aromatic heterocycles. The van der Waals surface area contributed by atoms with E-state index in [9.17, 15) is 13.2 Å². The molecule has 0 unspecified atom stereocenters. The molecule has 1 N–H and O–H groups in total. The average Bonchev–Trinajstić information content (AvgIpc) is 2.84. The fourth-order valence-electron chi connectivity index (χ4n) is 1.98. The van der Waals surface area contributed by atoms with Crippen LogP contribution in [0.1, 0.15) is 21.6 Å². The first kappa shape index (κ1) is 15.5. The van der Waals surface area contributed by atoms with Crippen molar-refractivity contribution in [3.8, 4) is 0 Å². The molecule has 0 spiro atoms. The predicted molar refractivity (Wildman–Crippen MR) is 81.5 cm³/mol. The second-order valence-electron chi connectivity index (χ2n) is 4.91. The van der Waals surface area contributed by atoms with Crippen molar-refractivity contribution in [3.05, 3.63) is 59.4 Å². The van der Waals surface area contributed by atoms with E-state index in [-0.39, 0.29) is 12.1 Å². The van der Waals surface area contributed by atoms with Crippen molar-refractivity contribution < 1.29 is 13.2 Å². The summed E-state index contributed by atoms with van der Waals surface area (Å²) in [7, 11) is -2.10. The quantitative estimate of drug-likeness (QED) is 0.913. The summed E-state index contributed by atoms with van der Waals surface area (Å²) < 4.78 is 28.2. The molecular formula is C15H18N2O3S. The van der Waals surface area contributed by atoms with Gasteiger partial charge in [-0.15, -0.1) is 0 Å². The Hall–Kier alpha value is -1.92. The summed E-state index contributed by atoms with van der Waals surface area (Å²) in [6.45, 7) is 2.07. The van der Waals surface area contributed by atoms with Crippen molar-refractivity contribution in [1.29, 1.82) is 0 Å². The lowest BCUT2D eigenvalue weighted by Crippen LogP contribution is -2.32. The summed E-state index contributed by atoms with van der Waals surface area (Å²) in [6.07, 6.45) is 2.42. The molecule has 21 heavy (non-hydrogen) atoms. The van der Waals surface area contributed by atoms with Gasteiger partial charge in [-0.3, -0.25) is 4.79 Å².